The Morgan fingerprint density at radius 1 is 1.24 bits per heavy atom. The number of nitrogens with zero attached hydrogens (tertiary/aromatic N) is 2. The molecule has 1 heterocycles. The van der Waals surface area contributed by atoms with Gasteiger partial charge in [-0.3, -0.25) is 4.79 Å². The van der Waals surface area contributed by atoms with Crippen LogP contribution in [0, 0.1) is 5.92 Å². The predicted octanol–water partition coefficient (Wildman–Crippen LogP) is 1.69. The first-order valence-electron chi connectivity index (χ1n) is 8.94. The van der Waals surface area contributed by atoms with E-state index < -0.39 is 10.0 Å². The molecule has 1 amide bonds. The van der Waals surface area contributed by atoms with Crippen molar-refractivity contribution in [2.24, 2.45) is 5.92 Å². The molecule has 0 spiro atoms. The molecule has 0 atom stereocenters. The van der Waals surface area contributed by atoms with Gasteiger partial charge < -0.3 is 10.2 Å². The van der Waals surface area contributed by atoms with E-state index in [4.69, 9.17) is 0 Å². The maximum absolute atomic E-state index is 12.2. The molecule has 6 nitrogen and oxygen atoms in total. The summed E-state index contributed by atoms with van der Waals surface area (Å²) in [4.78, 5) is 14.5. The van der Waals surface area contributed by atoms with Gasteiger partial charge in [0.2, 0.25) is 15.9 Å². The highest BCUT2D eigenvalue weighted by Crippen LogP contribution is 2.19. The number of hydrogen-bond donors (Lipinski definition) is 1. The molecule has 1 N–H and O–H groups in total. The molecular weight excluding hydrogens is 338 g/mol. The molecule has 1 aliphatic rings. The van der Waals surface area contributed by atoms with E-state index in [1.54, 1.807) is 0 Å². The van der Waals surface area contributed by atoms with E-state index in [0.717, 1.165) is 19.5 Å². The molecule has 0 aromatic heterocycles. The van der Waals surface area contributed by atoms with Crippen LogP contribution in [0.2, 0.25) is 0 Å². The standard InChI is InChI=1S/C18H29N3O3S/c1-3-20(17-8-5-4-6-9-17)13-7-12-19-18(22)16-10-14-21(15-11-16)25(2,23)24/h4-6,8-9,16H,3,7,10-15H2,1-2H3,(H,19,22). The lowest BCUT2D eigenvalue weighted by atomic mass is 9.97. The normalized spacial score (nSPS) is 16.6. The first-order chi connectivity index (χ1) is 11.9. The largest absolute Gasteiger partial charge is 0.372 e. The monoisotopic (exact) mass is 367 g/mol. The zero-order chi connectivity index (χ0) is 18.3. The van der Waals surface area contributed by atoms with E-state index in [1.165, 1.54) is 16.2 Å². The molecule has 1 fully saturated rings. The second kappa shape index (κ2) is 9.20. The zero-order valence-corrected chi connectivity index (χ0v) is 16.0. The minimum atomic E-state index is -3.14. The molecule has 1 aromatic carbocycles. The number of carbonyl (C=O) groups is 1. The topological polar surface area (TPSA) is 69.7 Å². The molecule has 7 heteroatoms. The Labute approximate surface area is 151 Å². The van der Waals surface area contributed by atoms with Crippen LogP contribution in [0.4, 0.5) is 5.69 Å². The summed E-state index contributed by atoms with van der Waals surface area (Å²) in [5.74, 6) is -0.0229. The molecule has 0 aliphatic carbocycles. The summed E-state index contributed by atoms with van der Waals surface area (Å²) in [6.45, 7) is 5.48. The molecule has 25 heavy (non-hydrogen) atoms. The average Bonchev–Trinajstić information content (AvgIpc) is 2.61. The second-order valence-corrected chi connectivity index (χ2v) is 8.48. The number of sulfonamides is 1. The van der Waals surface area contributed by atoms with E-state index in [2.05, 4.69) is 29.3 Å². The first kappa shape index (κ1) is 19.7. The Morgan fingerprint density at radius 3 is 2.44 bits per heavy atom. The van der Waals surface area contributed by atoms with Gasteiger partial charge in [-0.25, -0.2) is 12.7 Å². The van der Waals surface area contributed by atoms with Crippen LogP contribution >= 0.6 is 0 Å². The Morgan fingerprint density at radius 2 is 1.88 bits per heavy atom. The van der Waals surface area contributed by atoms with Crippen LogP contribution in [0.25, 0.3) is 0 Å². The molecule has 0 unspecified atom stereocenters. The van der Waals surface area contributed by atoms with Gasteiger partial charge in [0.25, 0.3) is 0 Å². The number of para-hydroxylation sites is 1. The predicted molar refractivity (Wildman–Crippen MR) is 101 cm³/mol. The number of carbonyl (C=O) groups excluding carboxylic acids is 1. The van der Waals surface area contributed by atoms with Gasteiger partial charge >= 0.3 is 0 Å². The van der Waals surface area contributed by atoms with Gasteiger partial charge in [-0.2, -0.15) is 0 Å². The SMILES string of the molecule is CCN(CCCNC(=O)C1CCN(S(C)(=O)=O)CC1)c1ccccc1. The fourth-order valence-corrected chi connectivity index (χ4v) is 4.06. The molecular formula is C18H29N3O3S. The molecule has 0 radical (unpaired) electrons. The van der Waals surface area contributed by atoms with Crippen LogP contribution in [0.3, 0.4) is 0 Å². The third-order valence-corrected chi connectivity index (χ3v) is 6.00. The number of piperidine rings is 1. The summed E-state index contributed by atoms with van der Waals surface area (Å²) in [6.07, 6.45) is 3.31. The number of amides is 1. The molecule has 1 aromatic rings. The Balaban J connectivity index is 1.69. The molecule has 1 saturated heterocycles. The van der Waals surface area contributed by atoms with Crippen molar-refractivity contribution in [1.82, 2.24) is 9.62 Å². The van der Waals surface area contributed by atoms with Crippen LogP contribution in [0.1, 0.15) is 26.2 Å². The smallest absolute Gasteiger partial charge is 0.223 e. The molecule has 2 rings (SSSR count). The van der Waals surface area contributed by atoms with Gasteiger partial charge in [0, 0.05) is 44.3 Å². The fraction of sp³-hybridized carbons (Fsp3) is 0.611. The molecule has 1 aliphatic heterocycles. The van der Waals surface area contributed by atoms with Crippen molar-refractivity contribution in [2.75, 3.05) is 43.9 Å². The number of anilines is 1. The second-order valence-electron chi connectivity index (χ2n) is 6.50. The van der Waals surface area contributed by atoms with Gasteiger partial charge in [0.15, 0.2) is 0 Å². The summed E-state index contributed by atoms with van der Waals surface area (Å²) in [5, 5.41) is 3.00. The maximum Gasteiger partial charge on any atom is 0.223 e. The van der Waals surface area contributed by atoms with Crippen LogP contribution in [0.15, 0.2) is 30.3 Å². The van der Waals surface area contributed by atoms with Crippen LogP contribution < -0.4 is 10.2 Å². The van der Waals surface area contributed by atoms with Crippen LogP contribution in [0.5, 0.6) is 0 Å². The quantitative estimate of drug-likeness (QED) is 0.710. The third-order valence-electron chi connectivity index (χ3n) is 4.70. The highest BCUT2D eigenvalue weighted by atomic mass is 32.2. The lowest BCUT2D eigenvalue weighted by Crippen LogP contribution is -2.43. The third kappa shape index (κ3) is 6.01. The van der Waals surface area contributed by atoms with E-state index in [0.29, 0.717) is 32.5 Å². The molecule has 0 bridgehead atoms. The van der Waals surface area contributed by atoms with Crippen molar-refractivity contribution >= 4 is 21.6 Å². The summed E-state index contributed by atoms with van der Waals surface area (Å²) >= 11 is 0. The highest BCUT2D eigenvalue weighted by molar-refractivity contribution is 7.88. The Kier molecular flexibility index (Phi) is 7.25. The van der Waals surface area contributed by atoms with E-state index in [1.807, 2.05) is 18.2 Å². The van der Waals surface area contributed by atoms with E-state index in [-0.39, 0.29) is 11.8 Å². The molecule has 0 saturated carbocycles. The van der Waals surface area contributed by atoms with Crippen molar-refractivity contribution in [1.29, 1.82) is 0 Å². The minimum Gasteiger partial charge on any atom is -0.372 e. The number of benzene rings is 1. The summed E-state index contributed by atoms with van der Waals surface area (Å²) in [6, 6.07) is 10.3. The lowest BCUT2D eigenvalue weighted by Gasteiger charge is -2.29. The fourth-order valence-electron chi connectivity index (χ4n) is 3.18. The first-order valence-corrected chi connectivity index (χ1v) is 10.8. The number of rotatable bonds is 8. The van der Waals surface area contributed by atoms with Gasteiger partial charge in [0.05, 0.1) is 6.26 Å². The van der Waals surface area contributed by atoms with Gasteiger partial charge in [-0.05, 0) is 38.3 Å². The van der Waals surface area contributed by atoms with Gasteiger partial charge in [-0.1, -0.05) is 18.2 Å². The van der Waals surface area contributed by atoms with Gasteiger partial charge in [-0.15, -0.1) is 0 Å². The zero-order valence-electron chi connectivity index (χ0n) is 15.1. The Hall–Kier alpha value is -1.60. The number of hydrogen-bond acceptors (Lipinski definition) is 4. The van der Waals surface area contributed by atoms with Crippen molar-refractivity contribution in [3.05, 3.63) is 30.3 Å². The summed E-state index contributed by atoms with van der Waals surface area (Å²) in [7, 11) is -3.14. The van der Waals surface area contributed by atoms with Crippen LogP contribution in [-0.2, 0) is 14.8 Å². The van der Waals surface area contributed by atoms with E-state index in [9.17, 15) is 13.2 Å². The Bertz CT molecular complexity index is 641. The number of nitrogens with one attached hydrogen (secondary N) is 1. The van der Waals surface area contributed by atoms with Crippen molar-refractivity contribution in [3.8, 4) is 0 Å². The van der Waals surface area contributed by atoms with Crippen molar-refractivity contribution < 1.29 is 13.2 Å². The maximum atomic E-state index is 12.2. The lowest BCUT2D eigenvalue weighted by molar-refractivity contribution is -0.126. The minimum absolute atomic E-state index is 0.0518. The van der Waals surface area contributed by atoms with Gasteiger partial charge in [0.1, 0.15) is 0 Å². The van der Waals surface area contributed by atoms with Crippen LogP contribution in [-0.4, -0.2) is 57.6 Å². The average molecular weight is 368 g/mol. The highest BCUT2D eigenvalue weighted by Gasteiger charge is 2.28. The van der Waals surface area contributed by atoms with Crippen molar-refractivity contribution in [2.45, 2.75) is 26.2 Å². The summed E-state index contributed by atoms with van der Waals surface area (Å²) < 4.78 is 24.5. The molecule has 140 valence electrons. The van der Waals surface area contributed by atoms with Crippen molar-refractivity contribution in [3.63, 3.8) is 0 Å². The summed E-state index contributed by atoms with van der Waals surface area (Å²) in [5.41, 5.74) is 1.20. The van der Waals surface area contributed by atoms with E-state index >= 15 is 0 Å².